The Morgan fingerprint density at radius 1 is 1.30 bits per heavy atom. The van der Waals surface area contributed by atoms with Gasteiger partial charge in [0.1, 0.15) is 0 Å². The maximum Gasteiger partial charge on any atom is 0.422 e. The smallest absolute Gasteiger partial charge is 0.422 e. The van der Waals surface area contributed by atoms with Crippen molar-refractivity contribution in [2.75, 3.05) is 20.3 Å². The molecule has 0 spiro atoms. The van der Waals surface area contributed by atoms with Gasteiger partial charge in [-0.05, 0) is 32.9 Å². The number of nitrogens with zero attached hydrogens (tertiary/aromatic N) is 1. The number of rotatable bonds is 10. The highest BCUT2D eigenvalue weighted by molar-refractivity contribution is 5.73. The molecule has 0 unspecified atom stereocenters. The largest absolute Gasteiger partial charge is 0.493 e. The first kappa shape index (κ1) is 22.5. The fourth-order valence-corrected chi connectivity index (χ4v) is 2.07. The van der Waals surface area contributed by atoms with E-state index < -0.39 is 40.5 Å². The second kappa shape index (κ2) is 8.89. The molecule has 0 amide bonds. The van der Waals surface area contributed by atoms with E-state index in [1.54, 1.807) is 13.8 Å². The summed E-state index contributed by atoms with van der Waals surface area (Å²) in [6, 6.07) is 2.10. The van der Waals surface area contributed by atoms with Gasteiger partial charge < -0.3 is 19.9 Å². The summed E-state index contributed by atoms with van der Waals surface area (Å²) in [5.41, 5.74) is -1.23. The van der Waals surface area contributed by atoms with Crippen LogP contribution in [0.5, 0.6) is 11.5 Å². The van der Waals surface area contributed by atoms with Crippen LogP contribution >= 0.6 is 0 Å². The minimum atomic E-state index is -4.60. The molecule has 0 aliphatic carbocycles. The molecule has 0 heterocycles. The van der Waals surface area contributed by atoms with Gasteiger partial charge in [-0.1, -0.05) is 0 Å². The molecule has 0 aromatic heterocycles. The number of hydrogen-bond donors (Lipinski definition) is 2. The molecule has 0 aliphatic heterocycles. The molecule has 11 heteroatoms. The highest BCUT2D eigenvalue weighted by Crippen LogP contribution is 2.35. The number of benzene rings is 1. The number of ether oxygens (including phenoxy) is 2. The highest BCUT2D eigenvalue weighted by atomic mass is 19.4. The Bertz CT molecular complexity index is 691. The predicted molar refractivity (Wildman–Crippen MR) is 88.9 cm³/mol. The first-order chi connectivity index (χ1) is 12.4. The lowest BCUT2D eigenvalue weighted by molar-refractivity contribution is -0.385. The van der Waals surface area contributed by atoms with Crippen LogP contribution < -0.4 is 14.8 Å². The van der Waals surface area contributed by atoms with Crippen LogP contribution in [0.2, 0.25) is 0 Å². The standard InChI is InChI=1S/C16H21F3N2O6/c1-15(2,14(22)23)4-5-20-8-10-6-12(26-3)13(7-11(10)21(24)25)27-9-16(17,18)19/h6-7,20H,4-5,8-9H2,1-3H3,(H,22,23). The molecule has 1 aromatic rings. The molecule has 8 nitrogen and oxygen atoms in total. The Kier molecular flexibility index (Phi) is 7.40. The van der Waals surface area contributed by atoms with E-state index in [0.29, 0.717) is 0 Å². The fraction of sp³-hybridized carbons (Fsp3) is 0.562. The van der Waals surface area contributed by atoms with Crippen LogP contribution in [0.4, 0.5) is 18.9 Å². The zero-order chi connectivity index (χ0) is 20.8. The number of nitro groups is 1. The molecular weight excluding hydrogens is 373 g/mol. The van der Waals surface area contributed by atoms with Crippen molar-refractivity contribution in [1.29, 1.82) is 0 Å². The number of hydrogen-bond acceptors (Lipinski definition) is 6. The number of aliphatic carboxylic acids is 1. The number of carbonyl (C=O) groups is 1. The van der Waals surface area contributed by atoms with Gasteiger partial charge in [-0.3, -0.25) is 14.9 Å². The average molecular weight is 394 g/mol. The Labute approximate surface area is 153 Å². The van der Waals surface area contributed by atoms with Crippen molar-refractivity contribution in [3.8, 4) is 11.5 Å². The number of carboxylic acids is 1. The quantitative estimate of drug-likeness (QED) is 0.356. The lowest BCUT2D eigenvalue weighted by Crippen LogP contribution is -2.29. The third kappa shape index (κ3) is 6.93. The topological polar surface area (TPSA) is 111 Å². The van der Waals surface area contributed by atoms with Gasteiger partial charge in [0.15, 0.2) is 18.1 Å². The lowest BCUT2D eigenvalue weighted by Gasteiger charge is -2.19. The van der Waals surface area contributed by atoms with Crippen LogP contribution in [0.1, 0.15) is 25.8 Å². The van der Waals surface area contributed by atoms with Crippen LogP contribution in [-0.4, -0.2) is 42.4 Å². The van der Waals surface area contributed by atoms with Crippen molar-refractivity contribution in [2.24, 2.45) is 5.41 Å². The van der Waals surface area contributed by atoms with Gasteiger partial charge in [0.25, 0.3) is 5.69 Å². The van der Waals surface area contributed by atoms with Crippen LogP contribution in [0.25, 0.3) is 0 Å². The van der Waals surface area contributed by atoms with Crippen LogP contribution in [0, 0.1) is 15.5 Å². The number of halogens is 3. The second-order valence-corrected chi connectivity index (χ2v) is 6.41. The van der Waals surface area contributed by atoms with Gasteiger partial charge in [0.2, 0.25) is 0 Å². The first-order valence-corrected chi connectivity index (χ1v) is 7.86. The molecule has 0 fully saturated rings. The normalized spacial score (nSPS) is 11.9. The predicted octanol–water partition coefficient (Wildman–Crippen LogP) is 3.14. The molecule has 0 saturated carbocycles. The van der Waals surface area contributed by atoms with E-state index in [1.165, 1.54) is 13.2 Å². The first-order valence-electron chi connectivity index (χ1n) is 7.86. The molecule has 0 atom stereocenters. The molecular formula is C16H21F3N2O6. The van der Waals surface area contributed by atoms with Crippen LogP contribution in [0.3, 0.4) is 0 Å². The molecule has 27 heavy (non-hydrogen) atoms. The number of nitro benzene ring substituents is 1. The number of nitrogens with one attached hydrogen (secondary N) is 1. The fourth-order valence-electron chi connectivity index (χ4n) is 2.07. The van der Waals surface area contributed by atoms with Gasteiger partial charge in [-0.2, -0.15) is 13.2 Å². The lowest BCUT2D eigenvalue weighted by atomic mass is 9.90. The summed E-state index contributed by atoms with van der Waals surface area (Å²) in [6.07, 6.45) is -4.32. The Morgan fingerprint density at radius 3 is 2.41 bits per heavy atom. The van der Waals surface area contributed by atoms with Gasteiger partial charge in [-0.15, -0.1) is 0 Å². The molecule has 152 valence electrons. The van der Waals surface area contributed by atoms with Gasteiger partial charge >= 0.3 is 12.1 Å². The van der Waals surface area contributed by atoms with Crippen molar-refractivity contribution in [3.05, 3.63) is 27.8 Å². The van der Waals surface area contributed by atoms with Crippen LogP contribution in [0.15, 0.2) is 12.1 Å². The Hall–Kier alpha value is -2.56. The number of alkyl halides is 3. The summed E-state index contributed by atoms with van der Waals surface area (Å²) in [4.78, 5) is 21.6. The van der Waals surface area contributed by atoms with E-state index in [9.17, 15) is 28.1 Å². The zero-order valence-electron chi connectivity index (χ0n) is 15.1. The molecule has 1 aromatic carbocycles. The Balaban J connectivity index is 2.93. The molecule has 2 N–H and O–H groups in total. The van der Waals surface area contributed by atoms with E-state index >= 15 is 0 Å². The second-order valence-electron chi connectivity index (χ2n) is 6.41. The van der Waals surface area contributed by atoms with Crippen LogP contribution in [-0.2, 0) is 11.3 Å². The van der Waals surface area contributed by atoms with Crippen molar-refractivity contribution >= 4 is 11.7 Å². The summed E-state index contributed by atoms with van der Waals surface area (Å²) in [6.45, 7) is 1.76. The third-order valence-electron chi connectivity index (χ3n) is 3.77. The molecule has 0 aliphatic rings. The summed E-state index contributed by atoms with van der Waals surface area (Å²) in [7, 11) is 1.20. The van der Waals surface area contributed by atoms with Gasteiger partial charge in [0.05, 0.1) is 23.5 Å². The maximum atomic E-state index is 12.3. The zero-order valence-corrected chi connectivity index (χ0v) is 15.1. The highest BCUT2D eigenvalue weighted by Gasteiger charge is 2.30. The van der Waals surface area contributed by atoms with Crippen molar-refractivity contribution in [2.45, 2.75) is 33.0 Å². The third-order valence-corrected chi connectivity index (χ3v) is 3.77. The molecule has 1 rings (SSSR count). The monoisotopic (exact) mass is 394 g/mol. The van der Waals surface area contributed by atoms with Crippen molar-refractivity contribution < 1.29 is 37.5 Å². The molecule has 0 radical (unpaired) electrons. The van der Waals surface area contributed by atoms with E-state index in [2.05, 4.69) is 10.1 Å². The SMILES string of the molecule is COc1cc(CNCCC(C)(C)C(=O)O)c([N+](=O)[O-])cc1OCC(F)(F)F. The number of methoxy groups -OCH3 is 1. The summed E-state index contributed by atoms with van der Waals surface area (Å²) in [5, 5.41) is 23.2. The maximum absolute atomic E-state index is 12.3. The summed E-state index contributed by atoms with van der Waals surface area (Å²) in [5.74, 6) is -1.44. The minimum Gasteiger partial charge on any atom is -0.493 e. The van der Waals surface area contributed by atoms with E-state index in [1.807, 2.05) is 0 Å². The number of carboxylic acid groups (broad SMARTS) is 1. The molecule has 0 bridgehead atoms. The van der Waals surface area contributed by atoms with Crippen molar-refractivity contribution in [3.63, 3.8) is 0 Å². The van der Waals surface area contributed by atoms with Gasteiger partial charge in [-0.25, -0.2) is 0 Å². The summed E-state index contributed by atoms with van der Waals surface area (Å²) >= 11 is 0. The van der Waals surface area contributed by atoms with Crippen molar-refractivity contribution in [1.82, 2.24) is 5.32 Å². The van der Waals surface area contributed by atoms with Gasteiger partial charge in [0, 0.05) is 12.1 Å². The van der Waals surface area contributed by atoms with E-state index in [-0.39, 0.29) is 30.8 Å². The summed E-state index contributed by atoms with van der Waals surface area (Å²) < 4.78 is 46.5. The van der Waals surface area contributed by atoms with E-state index in [0.717, 1.165) is 6.07 Å². The average Bonchev–Trinajstić information content (AvgIpc) is 2.55. The van der Waals surface area contributed by atoms with E-state index in [4.69, 9.17) is 9.84 Å². The molecule has 0 saturated heterocycles. The Morgan fingerprint density at radius 2 is 1.93 bits per heavy atom. The minimum absolute atomic E-state index is 0.00191.